The van der Waals surface area contributed by atoms with Gasteiger partial charge in [0.25, 0.3) is 0 Å². The Morgan fingerprint density at radius 3 is 2.89 bits per heavy atom. The molecule has 0 aliphatic rings. The van der Waals surface area contributed by atoms with E-state index in [9.17, 15) is 0 Å². The van der Waals surface area contributed by atoms with Crippen LogP contribution in [0, 0.1) is 5.92 Å². The molecule has 0 aliphatic carbocycles. The van der Waals surface area contributed by atoms with E-state index < -0.39 is 0 Å². The first-order valence-corrected chi connectivity index (χ1v) is 6.12. The minimum atomic E-state index is -0.180. The van der Waals surface area contributed by atoms with Gasteiger partial charge in [-0.2, -0.15) is 4.98 Å². The molecule has 0 aliphatic heterocycles. The van der Waals surface area contributed by atoms with Crippen LogP contribution in [0.5, 0.6) is 0 Å². The fourth-order valence-electron chi connectivity index (χ4n) is 1.78. The molecule has 0 spiro atoms. The van der Waals surface area contributed by atoms with Gasteiger partial charge >= 0.3 is 0 Å². The van der Waals surface area contributed by atoms with Gasteiger partial charge < -0.3 is 10.3 Å². The molecule has 2 aromatic heterocycles. The molecule has 0 amide bonds. The highest BCUT2D eigenvalue weighted by Crippen LogP contribution is 2.17. The van der Waals surface area contributed by atoms with Gasteiger partial charge in [0.1, 0.15) is 0 Å². The van der Waals surface area contributed by atoms with Gasteiger partial charge in [0.15, 0.2) is 5.82 Å². The zero-order valence-corrected chi connectivity index (χ0v) is 10.7. The third-order valence-electron chi connectivity index (χ3n) is 2.61. The van der Waals surface area contributed by atoms with Gasteiger partial charge in [0.2, 0.25) is 5.89 Å². The second-order valence-corrected chi connectivity index (χ2v) is 4.82. The maximum atomic E-state index is 5.99. The Bertz CT molecular complexity index is 481. The largest absolute Gasteiger partial charge is 0.338 e. The molecule has 2 rings (SSSR count). The number of rotatable bonds is 5. The van der Waals surface area contributed by atoms with Gasteiger partial charge in [-0.25, -0.2) is 0 Å². The highest BCUT2D eigenvalue weighted by atomic mass is 16.5. The normalized spacial score (nSPS) is 12.9. The van der Waals surface area contributed by atoms with Gasteiger partial charge in [-0.15, -0.1) is 0 Å². The first-order chi connectivity index (χ1) is 8.65. The molecule has 2 N–H and O–H groups in total. The van der Waals surface area contributed by atoms with Gasteiger partial charge in [-0.3, -0.25) is 4.98 Å². The van der Waals surface area contributed by atoms with E-state index in [0.717, 1.165) is 12.0 Å². The summed E-state index contributed by atoms with van der Waals surface area (Å²) in [7, 11) is 0. The van der Waals surface area contributed by atoms with E-state index in [2.05, 4.69) is 29.0 Å². The first-order valence-electron chi connectivity index (χ1n) is 6.12. The van der Waals surface area contributed by atoms with E-state index in [1.54, 1.807) is 12.4 Å². The molecule has 0 unspecified atom stereocenters. The molecular formula is C13H18N4O. The zero-order chi connectivity index (χ0) is 13.0. The Labute approximate surface area is 106 Å². The predicted molar refractivity (Wildman–Crippen MR) is 67.7 cm³/mol. The summed E-state index contributed by atoms with van der Waals surface area (Å²) >= 11 is 0. The van der Waals surface area contributed by atoms with Crippen molar-refractivity contribution in [2.75, 3.05) is 0 Å². The molecule has 0 bridgehead atoms. The Morgan fingerprint density at radius 2 is 2.22 bits per heavy atom. The fraction of sp³-hybridized carbons (Fsp3) is 0.462. The van der Waals surface area contributed by atoms with E-state index >= 15 is 0 Å². The molecule has 0 radical (unpaired) electrons. The number of hydrogen-bond acceptors (Lipinski definition) is 5. The van der Waals surface area contributed by atoms with Crippen LogP contribution in [0.4, 0.5) is 0 Å². The first kappa shape index (κ1) is 12.7. The summed E-state index contributed by atoms with van der Waals surface area (Å²) in [6.45, 7) is 4.24. The van der Waals surface area contributed by atoms with Gasteiger partial charge in [-0.05, 0) is 24.0 Å². The van der Waals surface area contributed by atoms with Crippen LogP contribution in [-0.2, 0) is 6.42 Å². The van der Waals surface area contributed by atoms with Gasteiger partial charge in [0, 0.05) is 18.8 Å². The summed E-state index contributed by atoms with van der Waals surface area (Å²) in [4.78, 5) is 8.38. The molecule has 5 nitrogen and oxygen atoms in total. The standard InChI is InChI=1S/C13H18N4O/c1-9(2)6-11(14)13-16-12(17-18-13)7-10-4-3-5-15-8-10/h3-5,8-9,11H,6-7,14H2,1-2H3/t11-/m0/s1. The summed E-state index contributed by atoms with van der Waals surface area (Å²) in [5.74, 6) is 1.67. The highest BCUT2D eigenvalue weighted by molar-refractivity contribution is 5.13. The molecule has 0 saturated carbocycles. The van der Waals surface area contributed by atoms with Crippen LogP contribution in [0.1, 0.15) is 43.6 Å². The summed E-state index contributed by atoms with van der Waals surface area (Å²) in [5, 5.41) is 3.95. The number of hydrogen-bond donors (Lipinski definition) is 1. The Kier molecular flexibility index (Phi) is 4.04. The lowest BCUT2D eigenvalue weighted by Gasteiger charge is -2.08. The van der Waals surface area contributed by atoms with E-state index in [1.807, 2.05) is 12.1 Å². The van der Waals surface area contributed by atoms with Crippen LogP contribution in [0.15, 0.2) is 29.0 Å². The van der Waals surface area contributed by atoms with Crippen molar-refractivity contribution in [3.8, 4) is 0 Å². The molecule has 18 heavy (non-hydrogen) atoms. The van der Waals surface area contributed by atoms with E-state index in [4.69, 9.17) is 10.3 Å². The van der Waals surface area contributed by atoms with Crippen molar-refractivity contribution in [3.05, 3.63) is 41.8 Å². The zero-order valence-electron chi connectivity index (χ0n) is 10.7. The van der Waals surface area contributed by atoms with Crippen molar-refractivity contribution < 1.29 is 4.52 Å². The minimum Gasteiger partial charge on any atom is -0.338 e. The van der Waals surface area contributed by atoms with Crippen LogP contribution < -0.4 is 5.73 Å². The molecule has 0 aromatic carbocycles. The number of aromatic nitrogens is 3. The molecule has 96 valence electrons. The molecule has 0 saturated heterocycles. The molecule has 0 fully saturated rings. The lowest BCUT2D eigenvalue weighted by atomic mass is 10.0. The lowest BCUT2D eigenvalue weighted by molar-refractivity contribution is 0.333. The van der Waals surface area contributed by atoms with E-state index in [-0.39, 0.29) is 6.04 Å². The molecule has 5 heteroatoms. The highest BCUT2D eigenvalue weighted by Gasteiger charge is 2.16. The summed E-state index contributed by atoms with van der Waals surface area (Å²) in [6.07, 6.45) is 4.99. The molecule has 2 heterocycles. The molecule has 1 atom stereocenters. The topological polar surface area (TPSA) is 77.8 Å². The monoisotopic (exact) mass is 246 g/mol. The van der Waals surface area contributed by atoms with Crippen LogP contribution >= 0.6 is 0 Å². The van der Waals surface area contributed by atoms with Crippen LogP contribution in [0.2, 0.25) is 0 Å². The van der Waals surface area contributed by atoms with Crippen molar-refractivity contribution in [2.24, 2.45) is 11.7 Å². The number of pyridine rings is 1. The van der Waals surface area contributed by atoms with Gasteiger partial charge in [0.05, 0.1) is 6.04 Å². The van der Waals surface area contributed by atoms with Crippen LogP contribution in [-0.4, -0.2) is 15.1 Å². The van der Waals surface area contributed by atoms with Gasteiger partial charge in [-0.1, -0.05) is 25.1 Å². The minimum absolute atomic E-state index is 0.180. The van der Waals surface area contributed by atoms with Crippen molar-refractivity contribution in [2.45, 2.75) is 32.7 Å². The SMILES string of the molecule is CC(C)C[C@H](N)c1nc(Cc2cccnc2)no1. The number of nitrogens with zero attached hydrogens (tertiary/aromatic N) is 3. The Morgan fingerprint density at radius 1 is 1.39 bits per heavy atom. The molecular weight excluding hydrogens is 228 g/mol. The summed E-state index contributed by atoms with van der Waals surface area (Å²) < 4.78 is 5.19. The average Bonchev–Trinajstić information content (AvgIpc) is 2.78. The third-order valence-corrected chi connectivity index (χ3v) is 2.61. The average molecular weight is 246 g/mol. The number of nitrogens with two attached hydrogens (primary N) is 1. The fourth-order valence-corrected chi connectivity index (χ4v) is 1.78. The third kappa shape index (κ3) is 3.37. The Hall–Kier alpha value is -1.75. The second kappa shape index (κ2) is 5.73. The smallest absolute Gasteiger partial charge is 0.243 e. The summed E-state index contributed by atoms with van der Waals surface area (Å²) in [5.41, 5.74) is 7.05. The van der Waals surface area contributed by atoms with Crippen molar-refractivity contribution >= 4 is 0 Å². The molecule has 2 aromatic rings. The van der Waals surface area contributed by atoms with Crippen molar-refractivity contribution in [1.82, 2.24) is 15.1 Å². The van der Waals surface area contributed by atoms with Crippen LogP contribution in [0.3, 0.4) is 0 Å². The van der Waals surface area contributed by atoms with Crippen molar-refractivity contribution in [3.63, 3.8) is 0 Å². The maximum absolute atomic E-state index is 5.99. The van der Waals surface area contributed by atoms with Crippen molar-refractivity contribution in [1.29, 1.82) is 0 Å². The van der Waals surface area contributed by atoms with Crippen LogP contribution in [0.25, 0.3) is 0 Å². The Balaban J connectivity index is 2.02. The summed E-state index contributed by atoms with van der Waals surface area (Å²) in [6, 6.07) is 3.69. The van der Waals surface area contributed by atoms with E-state index in [0.29, 0.717) is 24.1 Å². The predicted octanol–water partition coefficient (Wildman–Crippen LogP) is 2.10. The lowest BCUT2D eigenvalue weighted by Crippen LogP contribution is -2.13. The maximum Gasteiger partial charge on any atom is 0.243 e. The quantitative estimate of drug-likeness (QED) is 0.874. The second-order valence-electron chi connectivity index (χ2n) is 4.82. The van der Waals surface area contributed by atoms with E-state index in [1.165, 1.54) is 0 Å².